The highest BCUT2D eigenvalue weighted by molar-refractivity contribution is 9.11. The third kappa shape index (κ3) is 1.30. The average molecular weight is 438 g/mol. The molecule has 3 aliphatic carbocycles. The molecule has 0 amide bonds. The lowest BCUT2D eigenvalue weighted by molar-refractivity contribution is -0.229. The standard InChI is InChI=1S/C16H22Br2O4/c1-20-16(21-2)14(17)10-6-3-4-7-11(10)15(16,18)13(12(14)19)8-5-9-22-13/h10-11H,3-9H2,1-2H3/t10-,11+,13-,14-,15+/m1/s1. The summed E-state index contributed by atoms with van der Waals surface area (Å²) in [6.45, 7) is 0.628. The van der Waals surface area contributed by atoms with Gasteiger partial charge in [-0.15, -0.1) is 0 Å². The molecule has 1 saturated heterocycles. The van der Waals surface area contributed by atoms with Crippen molar-refractivity contribution in [3.63, 3.8) is 0 Å². The first-order valence-electron chi connectivity index (χ1n) is 8.13. The van der Waals surface area contributed by atoms with E-state index >= 15 is 0 Å². The summed E-state index contributed by atoms with van der Waals surface area (Å²) in [4.78, 5) is 13.5. The van der Waals surface area contributed by atoms with Crippen LogP contribution in [0.25, 0.3) is 0 Å². The molecule has 4 fully saturated rings. The van der Waals surface area contributed by atoms with Gasteiger partial charge in [0.25, 0.3) is 0 Å². The van der Waals surface area contributed by atoms with E-state index in [2.05, 4.69) is 31.9 Å². The molecule has 4 rings (SSSR count). The topological polar surface area (TPSA) is 44.8 Å². The highest BCUT2D eigenvalue weighted by Crippen LogP contribution is 2.77. The quantitative estimate of drug-likeness (QED) is 0.491. The number of ketones is 1. The fraction of sp³-hybridized carbons (Fsp3) is 0.938. The summed E-state index contributed by atoms with van der Waals surface area (Å²) < 4.78 is 16.6. The molecule has 6 heteroatoms. The van der Waals surface area contributed by atoms with E-state index in [1.165, 1.54) is 6.42 Å². The number of ether oxygens (including phenoxy) is 3. The molecule has 0 N–H and O–H groups in total. The van der Waals surface area contributed by atoms with E-state index in [1.807, 2.05) is 0 Å². The van der Waals surface area contributed by atoms with Gasteiger partial charge in [0.15, 0.2) is 5.78 Å². The summed E-state index contributed by atoms with van der Waals surface area (Å²) in [5.41, 5.74) is -0.832. The van der Waals surface area contributed by atoms with E-state index in [9.17, 15) is 4.79 Å². The van der Waals surface area contributed by atoms with Gasteiger partial charge in [0, 0.05) is 20.8 Å². The number of hydrogen-bond acceptors (Lipinski definition) is 4. The Bertz CT molecular complexity index is 514. The van der Waals surface area contributed by atoms with E-state index in [-0.39, 0.29) is 11.7 Å². The summed E-state index contributed by atoms with van der Waals surface area (Å²) in [5.74, 6) is -0.374. The van der Waals surface area contributed by atoms with Crippen molar-refractivity contribution >= 4 is 37.6 Å². The zero-order valence-electron chi connectivity index (χ0n) is 13.0. The van der Waals surface area contributed by atoms with Gasteiger partial charge >= 0.3 is 0 Å². The van der Waals surface area contributed by atoms with Crippen LogP contribution in [0.1, 0.15) is 38.5 Å². The second-order valence-electron chi connectivity index (χ2n) is 7.05. The molecule has 124 valence electrons. The highest BCUT2D eigenvalue weighted by atomic mass is 79.9. The van der Waals surface area contributed by atoms with E-state index in [4.69, 9.17) is 14.2 Å². The third-order valence-corrected chi connectivity index (χ3v) is 9.85. The van der Waals surface area contributed by atoms with Crippen LogP contribution in [0.3, 0.4) is 0 Å². The molecule has 22 heavy (non-hydrogen) atoms. The molecule has 1 spiro atoms. The minimum absolute atomic E-state index is 0.112. The van der Waals surface area contributed by atoms with Gasteiger partial charge in [0.1, 0.15) is 14.2 Å². The van der Waals surface area contributed by atoms with Crippen LogP contribution >= 0.6 is 31.9 Å². The van der Waals surface area contributed by atoms with Crippen LogP contribution in [0.2, 0.25) is 0 Å². The zero-order chi connectivity index (χ0) is 15.8. The molecular formula is C16H22Br2O4. The number of Topliss-reactive ketones (excluding diaryl/α,β-unsaturated/α-hetero) is 1. The fourth-order valence-corrected chi connectivity index (χ4v) is 9.41. The van der Waals surface area contributed by atoms with Gasteiger partial charge in [-0.1, -0.05) is 44.7 Å². The van der Waals surface area contributed by atoms with Crippen LogP contribution in [0.15, 0.2) is 0 Å². The van der Waals surface area contributed by atoms with Crippen molar-refractivity contribution in [3.8, 4) is 0 Å². The summed E-state index contributed by atoms with van der Waals surface area (Å²) in [7, 11) is 3.29. The van der Waals surface area contributed by atoms with Gasteiger partial charge in [-0.25, -0.2) is 0 Å². The number of methoxy groups -OCH3 is 2. The molecule has 0 aromatic rings. The van der Waals surface area contributed by atoms with Gasteiger partial charge in [0.2, 0.25) is 5.79 Å². The van der Waals surface area contributed by atoms with Crippen molar-refractivity contribution in [1.29, 1.82) is 0 Å². The second kappa shape index (κ2) is 4.78. The van der Waals surface area contributed by atoms with Crippen LogP contribution in [-0.2, 0) is 19.0 Å². The lowest BCUT2D eigenvalue weighted by Crippen LogP contribution is -2.63. The molecule has 3 saturated carbocycles. The number of carbonyl (C=O) groups is 1. The Morgan fingerprint density at radius 3 is 2.27 bits per heavy atom. The predicted octanol–water partition coefficient (Wildman–Crippen LogP) is 3.19. The molecule has 2 bridgehead atoms. The van der Waals surface area contributed by atoms with Gasteiger partial charge in [-0.3, -0.25) is 4.79 Å². The van der Waals surface area contributed by atoms with Gasteiger partial charge < -0.3 is 14.2 Å². The molecule has 4 nitrogen and oxygen atoms in total. The monoisotopic (exact) mass is 436 g/mol. The van der Waals surface area contributed by atoms with E-state index in [0.29, 0.717) is 12.5 Å². The number of alkyl halides is 2. The van der Waals surface area contributed by atoms with Gasteiger partial charge in [-0.05, 0) is 37.5 Å². The number of rotatable bonds is 2. The number of halogens is 2. The number of carbonyl (C=O) groups excluding carboxylic acids is 1. The summed E-state index contributed by atoms with van der Waals surface area (Å²) >= 11 is 7.85. The normalized spacial score (nSPS) is 52.5. The Balaban J connectivity index is 2.00. The predicted molar refractivity (Wildman–Crippen MR) is 88.4 cm³/mol. The highest BCUT2D eigenvalue weighted by Gasteiger charge is 2.93. The Morgan fingerprint density at radius 2 is 1.73 bits per heavy atom. The van der Waals surface area contributed by atoms with Crippen molar-refractivity contribution in [2.75, 3.05) is 20.8 Å². The summed E-state index contributed by atoms with van der Waals surface area (Å²) in [6, 6.07) is 0. The maximum Gasteiger partial charge on any atom is 0.209 e. The molecule has 0 aromatic heterocycles. The Morgan fingerprint density at radius 1 is 1.09 bits per heavy atom. The molecule has 0 radical (unpaired) electrons. The van der Waals surface area contributed by atoms with Crippen LogP contribution in [0.5, 0.6) is 0 Å². The lowest BCUT2D eigenvalue weighted by Gasteiger charge is -2.49. The SMILES string of the molecule is COC1(OC)[C@]2(Br)[C@H]3CCCC[C@H]3[C@@]1(Br)C(=O)[C@]21CCCO1. The minimum Gasteiger partial charge on any atom is -0.365 e. The zero-order valence-corrected chi connectivity index (χ0v) is 16.2. The summed E-state index contributed by atoms with van der Waals surface area (Å²) in [5, 5.41) is 0. The second-order valence-corrected chi connectivity index (χ2v) is 9.56. The Labute approximate surface area is 147 Å². The molecule has 0 aromatic carbocycles. The fourth-order valence-electron chi connectivity index (χ4n) is 5.96. The van der Waals surface area contributed by atoms with Crippen LogP contribution in [-0.4, -0.2) is 46.6 Å². The van der Waals surface area contributed by atoms with Gasteiger partial charge in [-0.2, -0.15) is 0 Å². The van der Waals surface area contributed by atoms with Crippen LogP contribution in [0.4, 0.5) is 0 Å². The summed E-state index contributed by atoms with van der Waals surface area (Å²) in [6.07, 6.45) is 6.09. The number of fused-ring (bicyclic) bond motifs is 6. The molecular weight excluding hydrogens is 416 g/mol. The Kier molecular flexibility index (Phi) is 3.48. The maximum absolute atomic E-state index is 13.5. The third-order valence-electron chi connectivity index (χ3n) is 6.63. The van der Waals surface area contributed by atoms with Crippen LogP contribution in [0, 0.1) is 11.8 Å². The largest absolute Gasteiger partial charge is 0.365 e. The maximum atomic E-state index is 13.5. The number of hydrogen-bond donors (Lipinski definition) is 0. The van der Waals surface area contributed by atoms with Crippen molar-refractivity contribution in [3.05, 3.63) is 0 Å². The van der Waals surface area contributed by atoms with Crippen molar-refractivity contribution in [2.45, 2.75) is 58.6 Å². The van der Waals surface area contributed by atoms with Gasteiger partial charge in [0.05, 0.1) is 0 Å². The van der Waals surface area contributed by atoms with E-state index in [1.54, 1.807) is 14.2 Å². The van der Waals surface area contributed by atoms with E-state index in [0.717, 1.165) is 32.1 Å². The molecule has 4 aliphatic rings. The van der Waals surface area contributed by atoms with Crippen molar-refractivity contribution < 1.29 is 19.0 Å². The lowest BCUT2D eigenvalue weighted by atomic mass is 9.64. The molecule has 1 aliphatic heterocycles. The smallest absolute Gasteiger partial charge is 0.209 e. The van der Waals surface area contributed by atoms with E-state index < -0.39 is 20.0 Å². The first kappa shape index (κ1) is 16.0. The molecule has 5 atom stereocenters. The van der Waals surface area contributed by atoms with Crippen LogP contribution < -0.4 is 0 Å². The molecule has 0 unspecified atom stereocenters. The first-order chi connectivity index (χ1) is 10.5. The Hall–Kier alpha value is 0.510. The van der Waals surface area contributed by atoms with Crippen molar-refractivity contribution in [1.82, 2.24) is 0 Å². The van der Waals surface area contributed by atoms with Crippen molar-refractivity contribution in [2.24, 2.45) is 11.8 Å². The molecule has 1 heterocycles. The average Bonchev–Trinajstić information content (AvgIpc) is 3.13. The minimum atomic E-state index is -1.03. The first-order valence-corrected chi connectivity index (χ1v) is 9.72.